The number of benzene rings is 1. The number of nitrogens with zero attached hydrogens (tertiary/aromatic N) is 2. The summed E-state index contributed by atoms with van der Waals surface area (Å²) in [6.45, 7) is -0.00362. The number of aliphatic hydroxyl groups is 2. The highest BCUT2D eigenvalue weighted by Gasteiger charge is 2.33. The van der Waals surface area contributed by atoms with Crippen LogP contribution in [0.3, 0.4) is 0 Å². The molecule has 2 atom stereocenters. The van der Waals surface area contributed by atoms with E-state index in [0.717, 1.165) is 6.07 Å². The van der Waals surface area contributed by atoms with E-state index in [-0.39, 0.29) is 30.0 Å². The van der Waals surface area contributed by atoms with E-state index in [4.69, 9.17) is 5.73 Å². The molecule has 0 aromatic heterocycles. The minimum absolute atomic E-state index is 0.00181. The van der Waals surface area contributed by atoms with Crippen LogP contribution in [0.15, 0.2) is 18.2 Å². The van der Waals surface area contributed by atoms with Gasteiger partial charge in [0, 0.05) is 24.7 Å². The van der Waals surface area contributed by atoms with Gasteiger partial charge in [-0.25, -0.2) is 0 Å². The first-order valence-electron chi connectivity index (χ1n) is 5.59. The van der Waals surface area contributed by atoms with Crippen LogP contribution in [0.1, 0.15) is 10.4 Å². The van der Waals surface area contributed by atoms with E-state index in [1.807, 2.05) is 0 Å². The molecule has 0 radical (unpaired) electrons. The van der Waals surface area contributed by atoms with Crippen LogP contribution < -0.4 is 5.73 Å². The van der Waals surface area contributed by atoms with E-state index in [9.17, 15) is 25.1 Å². The summed E-state index contributed by atoms with van der Waals surface area (Å²) in [5.41, 5.74) is 5.17. The number of likely N-dealkylation sites (tertiary alicyclic amines) is 1. The first-order valence-corrected chi connectivity index (χ1v) is 5.59. The van der Waals surface area contributed by atoms with Crippen molar-refractivity contribution in [2.75, 3.05) is 18.8 Å². The van der Waals surface area contributed by atoms with Gasteiger partial charge in [0.1, 0.15) is 5.69 Å². The SMILES string of the molecule is Nc1ccc(C(=O)N2CC(O)C(O)C2)cc1[N+](=O)[O-]. The molecule has 1 aliphatic heterocycles. The molecule has 2 unspecified atom stereocenters. The highest BCUT2D eigenvalue weighted by atomic mass is 16.6. The Balaban J connectivity index is 2.25. The minimum atomic E-state index is -0.993. The molecular formula is C11H13N3O5. The third kappa shape index (κ3) is 2.49. The van der Waals surface area contributed by atoms with Crippen molar-refractivity contribution in [2.24, 2.45) is 0 Å². The second-order valence-electron chi connectivity index (χ2n) is 4.38. The lowest BCUT2D eigenvalue weighted by Gasteiger charge is -2.15. The van der Waals surface area contributed by atoms with Crippen LogP contribution in [0.2, 0.25) is 0 Å². The Bertz CT molecular complexity index is 523. The molecule has 2 rings (SSSR count). The van der Waals surface area contributed by atoms with Crippen molar-refractivity contribution in [1.82, 2.24) is 4.90 Å². The molecule has 1 aliphatic rings. The fraction of sp³-hybridized carbons (Fsp3) is 0.364. The summed E-state index contributed by atoms with van der Waals surface area (Å²) >= 11 is 0. The van der Waals surface area contributed by atoms with Crippen molar-refractivity contribution in [3.05, 3.63) is 33.9 Å². The van der Waals surface area contributed by atoms with Gasteiger partial charge in [0.2, 0.25) is 0 Å². The van der Waals surface area contributed by atoms with Gasteiger partial charge in [0.05, 0.1) is 17.1 Å². The number of hydrogen-bond donors (Lipinski definition) is 3. The Morgan fingerprint density at radius 3 is 2.47 bits per heavy atom. The molecule has 0 aliphatic carbocycles. The summed E-state index contributed by atoms with van der Waals surface area (Å²) < 4.78 is 0. The Kier molecular flexibility index (Phi) is 3.36. The Hall–Kier alpha value is -2.19. The van der Waals surface area contributed by atoms with Crippen molar-refractivity contribution >= 4 is 17.3 Å². The molecule has 0 bridgehead atoms. The summed E-state index contributed by atoms with van der Waals surface area (Å²) in [6, 6.07) is 3.75. The van der Waals surface area contributed by atoms with Crippen LogP contribution in [0, 0.1) is 10.1 Å². The number of carbonyl (C=O) groups is 1. The lowest BCUT2D eigenvalue weighted by molar-refractivity contribution is -0.383. The quantitative estimate of drug-likeness (QED) is 0.371. The molecule has 8 heteroatoms. The summed E-state index contributed by atoms with van der Waals surface area (Å²) in [7, 11) is 0. The van der Waals surface area contributed by atoms with Crippen molar-refractivity contribution in [2.45, 2.75) is 12.2 Å². The number of hydrogen-bond acceptors (Lipinski definition) is 6. The van der Waals surface area contributed by atoms with Crippen LogP contribution in [-0.2, 0) is 0 Å². The molecule has 1 saturated heterocycles. The van der Waals surface area contributed by atoms with Crippen molar-refractivity contribution in [3.8, 4) is 0 Å². The number of nitrogen functional groups attached to an aromatic ring is 1. The molecule has 1 heterocycles. The monoisotopic (exact) mass is 267 g/mol. The Labute approximate surface area is 108 Å². The largest absolute Gasteiger partial charge is 0.393 e. The topological polar surface area (TPSA) is 130 Å². The molecule has 0 spiro atoms. The molecule has 8 nitrogen and oxygen atoms in total. The van der Waals surface area contributed by atoms with Crippen LogP contribution >= 0.6 is 0 Å². The number of nitrogens with two attached hydrogens (primary N) is 1. The zero-order valence-electron chi connectivity index (χ0n) is 9.89. The predicted octanol–water partition coefficient (Wildman–Crippen LogP) is -0.645. The maximum Gasteiger partial charge on any atom is 0.292 e. The number of rotatable bonds is 2. The van der Waals surface area contributed by atoms with E-state index in [1.54, 1.807) is 0 Å². The Morgan fingerprint density at radius 1 is 1.37 bits per heavy atom. The van der Waals surface area contributed by atoms with Gasteiger partial charge in [-0.15, -0.1) is 0 Å². The smallest absolute Gasteiger partial charge is 0.292 e. The number of amides is 1. The average Bonchev–Trinajstić information content (AvgIpc) is 2.69. The lowest BCUT2D eigenvalue weighted by Crippen LogP contribution is -2.29. The molecule has 4 N–H and O–H groups in total. The first-order chi connectivity index (χ1) is 8.90. The molecule has 1 amide bonds. The van der Waals surface area contributed by atoms with E-state index in [1.165, 1.54) is 17.0 Å². The number of nitro groups is 1. The fourth-order valence-electron chi connectivity index (χ4n) is 1.95. The third-order valence-electron chi connectivity index (χ3n) is 3.02. The van der Waals surface area contributed by atoms with Gasteiger partial charge < -0.3 is 20.8 Å². The zero-order chi connectivity index (χ0) is 14.2. The van der Waals surface area contributed by atoms with Gasteiger partial charge in [0.25, 0.3) is 11.6 Å². The third-order valence-corrected chi connectivity index (χ3v) is 3.02. The average molecular weight is 267 g/mol. The normalized spacial score (nSPS) is 22.5. The lowest BCUT2D eigenvalue weighted by atomic mass is 10.1. The zero-order valence-corrected chi connectivity index (χ0v) is 9.89. The minimum Gasteiger partial charge on any atom is -0.393 e. The predicted molar refractivity (Wildman–Crippen MR) is 65.4 cm³/mol. The van der Waals surface area contributed by atoms with Gasteiger partial charge in [-0.1, -0.05) is 0 Å². The summed E-state index contributed by atoms with van der Waals surface area (Å²) in [6.07, 6.45) is -1.99. The van der Waals surface area contributed by atoms with Crippen molar-refractivity contribution < 1.29 is 19.9 Å². The summed E-state index contributed by atoms with van der Waals surface area (Å²) in [5, 5.41) is 29.5. The molecular weight excluding hydrogens is 254 g/mol. The number of carbonyl (C=O) groups excluding carboxylic acids is 1. The highest BCUT2D eigenvalue weighted by molar-refractivity contribution is 5.95. The van der Waals surface area contributed by atoms with Gasteiger partial charge in [-0.2, -0.15) is 0 Å². The van der Waals surface area contributed by atoms with E-state index in [2.05, 4.69) is 0 Å². The van der Waals surface area contributed by atoms with E-state index >= 15 is 0 Å². The van der Waals surface area contributed by atoms with E-state index < -0.39 is 23.0 Å². The highest BCUT2D eigenvalue weighted by Crippen LogP contribution is 2.24. The number of aliphatic hydroxyl groups excluding tert-OH is 2. The van der Waals surface area contributed by atoms with Gasteiger partial charge in [0.15, 0.2) is 0 Å². The Morgan fingerprint density at radius 2 is 1.95 bits per heavy atom. The maximum atomic E-state index is 12.1. The summed E-state index contributed by atoms with van der Waals surface area (Å²) in [5.74, 6) is -0.487. The molecule has 102 valence electrons. The second-order valence-corrected chi connectivity index (χ2v) is 4.38. The van der Waals surface area contributed by atoms with Crippen LogP contribution in [0.25, 0.3) is 0 Å². The van der Waals surface area contributed by atoms with Gasteiger partial charge in [-0.3, -0.25) is 14.9 Å². The summed E-state index contributed by atoms with van der Waals surface area (Å²) in [4.78, 5) is 23.4. The maximum absolute atomic E-state index is 12.1. The number of β-amino-alcohol motifs (C(OH)–C–C–N with tert-alkyl or cyclic N) is 2. The van der Waals surface area contributed by atoms with Crippen LogP contribution in [0.5, 0.6) is 0 Å². The standard InChI is InChI=1S/C11H13N3O5/c12-7-2-1-6(3-8(7)14(18)19)11(17)13-4-9(15)10(16)5-13/h1-3,9-10,15-16H,4-5,12H2. The fourth-order valence-corrected chi connectivity index (χ4v) is 1.95. The van der Waals surface area contributed by atoms with Gasteiger partial charge in [-0.05, 0) is 12.1 Å². The van der Waals surface area contributed by atoms with E-state index in [0.29, 0.717) is 0 Å². The first kappa shape index (κ1) is 13.2. The van der Waals surface area contributed by atoms with Crippen LogP contribution in [-0.4, -0.2) is 51.2 Å². The molecule has 0 saturated carbocycles. The molecule has 1 fully saturated rings. The number of nitro benzene ring substituents is 1. The van der Waals surface area contributed by atoms with Crippen molar-refractivity contribution in [3.63, 3.8) is 0 Å². The van der Waals surface area contributed by atoms with Crippen LogP contribution in [0.4, 0.5) is 11.4 Å². The number of anilines is 1. The van der Waals surface area contributed by atoms with Crippen molar-refractivity contribution in [1.29, 1.82) is 0 Å². The molecule has 1 aromatic rings. The second kappa shape index (κ2) is 4.82. The molecule has 1 aromatic carbocycles. The molecule has 19 heavy (non-hydrogen) atoms. The van der Waals surface area contributed by atoms with Gasteiger partial charge >= 0.3 is 0 Å².